The predicted molar refractivity (Wildman–Crippen MR) is 214 cm³/mol. The molecule has 0 bridgehead atoms. The van der Waals surface area contributed by atoms with E-state index in [0.29, 0.717) is 54.6 Å². The van der Waals surface area contributed by atoms with Crippen LogP contribution in [0.3, 0.4) is 0 Å². The number of Topliss-reactive ketones (excluding diaryl/α,β-unsaturated/α-hetero) is 1. The number of hydrogen-bond donors (Lipinski definition) is 4. The first kappa shape index (κ1) is 39.8. The lowest BCUT2D eigenvalue weighted by Gasteiger charge is -2.62. The molecule has 8 saturated carbocycles. The van der Waals surface area contributed by atoms with Gasteiger partial charge in [0.25, 0.3) is 0 Å². The van der Waals surface area contributed by atoms with Gasteiger partial charge < -0.3 is 29.3 Å². The summed E-state index contributed by atoms with van der Waals surface area (Å²) in [7, 11) is 0. The first-order valence-electron chi connectivity index (χ1n) is 22.5. The molecule has 2 heterocycles. The summed E-state index contributed by atoms with van der Waals surface area (Å²) in [5.74, 6) is 3.59. The van der Waals surface area contributed by atoms with Gasteiger partial charge in [0.15, 0.2) is 0 Å². The molecule has 9 nitrogen and oxygen atoms in total. The van der Waals surface area contributed by atoms with Crippen LogP contribution in [0.15, 0.2) is 55.2 Å². The molecule has 0 aliphatic heterocycles. The second-order valence-electron chi connectivity index (χ2n) is 21.6. The molecule has 18 unspecified atom stereocenters. The third-order valence-electron chi connectivity index (χ3n) is 19.2. The fourth-order valence-electron chi connectivity index (χ4n) is 16.6. The Hall–Kier alpha value is -2.59. The van der Waals surface area contributed by atoms with Crippen molar-refractivity contribution < 1.29 is 34.1 Å². The van der Waals surface area contributed by atoms with Gasteiger partial charge in [-0.15, -0.1) is 0 Å². The number of ketones is 1. The minimum absolute atomic E-state index is 0.0322. The number of rotatable bonds is 2. The summed E-state index contributed by atoms with van der Waals surface area (Å²) in [4.78, 5) is 36.1. The van der Waals surface area contributed by atoms with Crippen molar-refractivity contribution >= 4 is 5.78 Å². The fourth-order valence-corrected chi connectivity index (χ4v) is 16.6. The van der Waals surface area contributed by atoms with Crippen LogP contribution in [0.25, 0.3) is 0 Å². The Balaban J connectivity index is 0.000000148. The smallest absolute Gasteiger partial charge is 0.335 e. The average Bonchev–Trinajstić information content (AvgIpc) is 3.60. The molecule has 0 aromatic carbocycles. The van der Waals surface area contributed by atoms with E-state index >= 15 is 0 Å². The summed E-state index contributed by atoms with van der Waals surface area (Å²) in [6, 6.07) is 6.64. The van der Waals surface area contributed by atoms with Gasteiger partial charge in [-0.05, 0) is 188 Å². The molecule has 0 spiro atoms. The SMILES string of the molecule is CC12CCC(O)CC1CCC1C2C(O)CC2(C)C(c3ccc(=O)oc3)CC(O)C12.CC12CCC(O)CC1CCC1C2CCC2(C)C(c3ccc(=O)oc3)CC(=O)C12. The van der Waals surface area contributed by atoms with Crippen molar-refractivity contribution in [2.24, 2.45) is 69.0 Å². The van der Waals surface area contributed by atoms with Crippen molar-refractivity contribution in [2.75, 3.05) is 0 Å². The summed E-state index contributed by atoms with van der Waals surface area (Å²) in [5.41, 5.74) is 1.36. The van der Waals surface area contributed by atoms with Crippen molar-refractivity contribution in [1.29, 1.82) is 0 Å². The summed E-state index contributed by atoms with van der Waals surface area (Å²) < 4.78 is 10.3. The lowest BCUT2D eigenvalue weighted by atomic mass is 9.43. The minimum Gasteiger partial charge on any atom is -0.431 e. The highest BCUT2D eigenvalue weighted by atomic mass is 16.4. The maximum absolute atomic E-state index is 13.3. The van der Waals surface area contributed by atoms with Crippen LogP contribution in [0.4, 0.5) is 0 Å². The highest BCUT2D eigenvalue weighted by Crippen LogP contribution is 2.70. The molecule has 2 aromatic rings. The Morgan fingerprint density at radius 2 is 1.11 bits per heavy atom. The fraction of sp³-hybridized carbons (Fsp3) is 0.771. The molecule has 4 N–H and O–H groups in total. The molecule has 0 radical (unpaired) electrons. The van der Waals surface area contributed by atoms with E-state index < -0.39 is 12.2 Å². The number of aliphatic hydroxyl groups excluding tert-OH is 4. The number of aliphatic hydroxyl groups is 4. The topological polar surface area (TPSA) is 158 Å². The highest BCUT2D eigenvalue weighted by Gasteiger charge is 2.66. The summed E-state index contributed by atoms with van der Waals surface area (Å²) in [6.07, 6.45) is 16.1. The van der Waals surface area contributed by atoms with Crippen LogP contribution in [0.2, 0.25) is 0 Å². The third-order valence-corrected chi connectivity index (χ3v) is 19.2. The Morgan fingerprint density at radius 1 is 0.561 bits per heavy atom. The number of carbonyl (C=O) groups excluding carboxylic acids is 1. The van der Waals surface area contributed by atoms with Gasteiger partial charge in [-0.2, -0.15) is 0 Å². The lowest BCUT2D eigenvalue weighted by Crippen LogP contribution is -2.60. The molecule has 0 amide bonds. The van der Waals surface area contributed by atoms with Gasteiger partial charge in [0.1, 0.15) is 5.78 Å². The normalized spacial score (nSPS) is 49.9. The number of fused-ring (bicyclic) bond motifs is 10. The number of hydrogen-bond acceptors (Lipinski definition) is 9. The van der Waals surface area contributed by atoms with Crippen molar-refractivity contribution in [3.63, 3.8) is 0 Å². The van der Waals surface area contributed by atoms with Crippen molar-refractivity contribution in [3.8, 4) is 0 Å². The van der Waals surface area contributed by atoms with Crippen molar-refractivity contribution in [3.05, 3.63) is 68.8 Å². The van der Waals surface area contributed by atoms with Crippen LogP contribution in [-0.2, 0) is 4.79 Å². The number of carbonyl (C=O) groups is 1. The summed E-state index contributed by atoms with van der Waals surface area (Å²) >= 11 is 0. The molecule has 8 aliphatic rings. The molecule has 18 atom stereocenters. The van der Waals surface area contributed by atoms with Gasteiger partial charge in [-0.25, -0.2) is 9.59 Å². The quantitative estimate of drug-likeness (QED) is 0.244. The van der Waals surface area contributed by atoms with Gasteiger partial charge in [-0.1, -0.05) is 27.7 Å². The zero-order valence-corrected chi connectivity index (χ0v) is 34.5. The van der Waals surface area contributed by atoms with Crippen LogP contribution >= 0.6 is 0 Å². The molecular weight excluding hydrogens is 721 g/mol. The molecule has 57 heavy (non-hydrogen) atoms. The van der Waals surface area contributed by atoms with Gasteiger partial charge >= 0.3 is 11.3 Å². The van der Waals surface area contributed by atoms with E-state index in [0.717, 1.165) is 81.8 Å². The molecule has 10 rings (SSSR count). The first-order valence-corrected chi connectivity index (χ1v) is 22.5. The van der Waals surface area contributed by atoms with E-state index in [1.54, 1.807) is 12.5 Å². The zero-order chi connectivity index (χ0) is 40.2. The average molecular weight is 787 g/mol. The van der Waals surface area contributed by atoms with Crippen LogP contribution in [0.1, 0.15) is 147 Å². The Morgan fingerprint density at radius 3 is 1.72 bits per heavy atom. The Bertz CT molecular complexity index is 1910. The van der Waals surface area contributed by atoms with E-state index in [-0.39, 0.29) is 74.7 Å². The molecule has 312 valence electrons. The van der Waals surface area contributed by atoms with Gasteiger partial charge in [-0.3, -0.25) is 4.79 Å². The highest BCUT2D eigenvalue weighted by molar-refractivity contribution is 5.86. The lowest BCUT2D eigenvalue weighted by molar-refractivity contribution is -0.184. The van der Waals surface area contributed by atoms with E-state index in [1.165, 1.54) is 18.6 Å². The second kappa shape index (κ2) is 14.3. The zero-order valence-electron chi connectivity index (χ0n) is 34.5. The monoisotopic (exact) mass is 786 g/mol. The summed E-state index contributed by atoms with van der Waals surface area (Å²) in [6.45, 7) is 9.32. The molecule has 8 fully saturated rings. The Labute approximate surface area is 337 Å². The molecule has 9 heteroatoms. The Kier molecular flexibility index (Phi) is 9.97. The van der Waals surface area contributed by atoms with Gasteiger partial charge in [0, 0.05) is 24.5 Å². The predicted octanol–water partition coefficient (Wildman–Crippen LogP) is 7.37. The molecular formula is C48H66O9. The van der Waals surface area contributed by atoms with Gasteiger partial charge in [0.2, 0.25) is 0 Å². The second-order valence-corrected chi connectivity index (χ2v) is 21.6. The van der Waals surface area contributed by atoms with E-state index in [4.69, 9.17) is 8.83 Å². The summed E-state index contributed by atoms with van der Waals surface area (Å²) in [5, 5.41) is 43.1. The van der Waals surface area contributed by atoms with E-state index in [2.05, 4.69) is 27.7 Å². The van der Waals surface area contributed by atoms with Crippen LogP contribution in [0, 0.1) is 69.0 Å². The largest absolute Gasteiger partial charge is 0.431 e. The van der Waals surface area contributed by atoms with Crippen molar-refractivity contribution in [1.82, 2.24) is 0 Å². The maximum Gasteiger partial charge on any atom is 0.335 e. The molecule has 8 aliphatic carbocycles. The van der Waals surface area contributed by atoms with Crippen LogP contribution in [0.5, 0.6) is 0 Å². The third kappa shape index (κ3) is 6.24. The van der Waals surface area contributed by atoms with Crippen LogP contribution < -0.4 is 11.3 Å². The van der Waals surface area contributed by atoms with Gasteiger partial charge in [0.05, 0.1) is 36.9 Å². The van der Waals surface area contributed by atoms with E-state index in [9.17, 15) is 34.8 Å². The van der Waals surface area contributed by atoms with E-state index in [1.807, 2.05) is 12.1 Å². The van der Waals surface area contributed by atoms with Crippen LogP contribution in [-0.4, -0.2) is 50.6 Å². The van der Waals surface area contributed by atoms with Crippen molar-refractivity contribution in [2.45, 2.75) is 160 Å². The molecule has 0 saturated heterocycles. The maximum atomic E-state index is 13.3. The minimum atomic E-state index is -0.397. The standard InChI is InChI=1S/C24H34O5.C24H32O4/c1-23-8-7-15(25)9-14(23)4-5-16-21-18(26)10-17(13-3-6-20(28)29-12-13)24(21,2)11-19(27)22(16)23;1-23-9-7-16(25)11-15(23)4-5-17-18(23)8-10-24(2)19(12-20(26)22(17)24)14-3-6-21(27)28-13-14/h3,6,12,14-19,21-22,25-27H,4-5,7-11H2,1-2H3;3,6,13,15-19,22,25H,4-5,7-12H2,1-2H3. The molecule has 2 aromatic heterocycles. The first-order chi connectivity index (χ1) is 27.1.